The van der Waals surface area contributed by atoms with Crippen LogP contribution in [0.25, 0.3) is 22.2 Å². The maximum Gasteiger partial charge on any atom is 0.341 e. The summed E-state index contributed by atoms with van der Waals surface area (Å²) in [7, 11) is 0. The zero-order valence-electron chi connectivity index (χ0n) is 10.3. The highest BCUT2D eigenvalue weighted by atomic mass is 16.4. The lowest BCUT2D eigenvalue weighted by Crippen LogP contribution is -2.15. The second-order valence-electron chi connectivity index (χ2n) is 4.31. The predicted octanol–water partition coefficient (Wildman–Crippen LogP) is 2.29. The molecule has 3 aromatic rings. The first-order valence-electron chi connectivity index (χ1n) is 5.97. The Morgan fingerprint density at radius 1 is 1.20 bits per heavy atom. The molecule has 2 aromatic heterocycles. The first-order chi connectivity index (χ1) is 9.66. The summed E-state index contributed by atoms with van der Waals surface area (Å²) in [5.74, 6) is -1.23. The van der Waals surface area contributed by atoms with Crippen LogP contribution in [0.4, 0.5) is 0 Å². The highest BCUT2D eigenvalue weighted by molar-refractivity contribution is 5.93. The number of pyridine rings is 2. The van der Waals surface area contributed by atoms with Crippen LogP contribution in [0.5, 0.6) is 0 Å². The van der Waals surface area contributed by atoms with Gasteiger partial charge >= 0.3 is 5.97 Å². The van der Waals surface area contributed by atoms with Gasteiger partial charge in [0.05, 0.1) is 5.69 Å². The van der Waals surface area contributed by atoms with Gasteiger partial charge in [-0.05, 0) is 24.3 Å². The Balaban J connectivity index is 2.22. The summed E-state index contributed by atoms with van der Waals surface area (Å²) < 4.78 is 0. The molecule has 0 spiro atoms. The molecule has 2 heterocycles. The number of hydrogen-bond donors (Lipinski definition) is 2. The third-order valence-corrected chi connectivity index (χ3v) is 3.07. The molecule has 5 heteroatoms. The van der Waals surface area contributed by atoms with E-state index in [1.807, 2.05) is 18.2 Å². The highest BCUT2D eigenvalue weighted by Crippen LogP contribution is 2.20. The minimum atomic E-state index is -1.23. The fraction of sp³-hybridized carbons (Fsp3) is 0. The van der Waals surface area contributed by atoms with Crippen molar-refractivity contribution in [3.05, 3.63) is 64.6 Å². The van der Waals surface area contributed by atoms with E-state index in [1.165, 1.54) is 6.20 Å². The van der Waals surface area contributed by atoms with Gasteiger partial charge in [-0.2, -0.15) is 0 Å². The number of carboxylic acids is 1. The summed E-state index contributed by atoms with van der Waals surface area (Å²) in [6.07, 6.45) is 2.91. The summed E-state index contributed by atoms with van der Waals surface area (Å²) in [5.41, 5.74) is 1.49. The molecule has 0 aliphatic heterocycles. The van der Waals surface area contributed by atoms with Gasteiger partial charge in [0, 0.05) is 28.9 Å². The minimum absolute atomic E-state index is 0.261. The van der Waals surface area contributed by atoms with Crippen molar-refractivity contribution in [1.82, 2.24) is 9.97 Å². The molecular weight excluding hydrogens is 256 g/mol. The normalized spacial score (nSPS) is 10.6. The monoisotopic (exact) mass is 266 g/mol. The fourth-order valence-electron chi connectivity index (χ4n) is 2.07. The van der Waals surface area contributed by atoms with Crippen LogP contribution in [-0.2, 0) is 0 Å². The molecule has 0 aliphatic carbocycles. The number of aromatic carboxylic acids is 1. The van der Waals surface area contributed by atoms with E-state index in [0.717, 1.165) is 11.3 Å². The van der Waals surface area contributed by atoms with Gasteiger partial charge in [0.2, 0.25) is 5.43 Å². The molecule has 0 saturated carbocycles. The summed E-state index contributed by atoms with van der Waals surface area (Å²) in [6, 6.07) is 10.7. The van der Waals surface area contributed by atoms with E-state index in [0.29, 0.717) is 10.9 Å². The lowest BCUT2D eigenvalue weighted by Gasteiger charge is -2.04. The van der Waals surface area contributed by atoms with Gasteiger partial charge in [-0.1, -0.05) is 12.1 Å². The molecule has 0 bridgehead atoms. The first kappa shape index (κ1) is 12.1. The molecular formula is C15H10N2O3. The SMILES string of the molecule is O=C(O)c1c[nH]c2cc(-c3ccccn3)ccc2c1=O. The van der Waals surface area contributed by atoms with E-state index in [1.54, 1.807) is 24.4 Å². The number of nitrogens with one attached hydrogen (secondary N) is 1. The van der Waals surface area contributed by atoms with Gasteiger partial charge in [-0.15, -0.1) is 0 Å². The van der Waals surface area contributed by atoms with Gasteiger partial charge in [-0.3, -0.25) is 9.78 Å². The molecule has 1 aromatic carbocycles. The Labute approximate surface area is 113 Å². The fourth-order valence-corrected chi connectivity index (χ4v) is 2.07. The number of carbonyl (C=O) groups is 1. The van der Waals surface area contributed by atoms with E-state index in [2.05, 4.69) is 9.97 Å². The Kier molecular flexibility index (Phi) is 2.80. The second kappa shape index (κ2) is 4.62. The van der Waals surface area contributed by atoms with Crippen molar-refractivity contribution < 1.29 is 9.90 Å². The van der Waals surface area contributed by atoms with Gasteiger partial charge < -0.3 is 10.1 Å². The highest BCUT2D eigenvalue weighted by Gasteiger charge is 2.11. The average molecular weight is 266 g/mol. The van der Waals surface area contributed by atoms with Crippen molar-refractivity contribution in [2.75, 3.05) is 0 Å². The summed E-state index contributed by atoms with van der Waals surface area (Å²) in [4.78, 5) is 30.0. The van der Waals surface area contributed by atoms with Crippen molar-refractivity contribution in [1.29, 1.82) is 0 Å². The van der Waals surface area contributed by atoms with Crippen molar-refractivity contribution >= 4 is 16.9 Å². The number of fused-ring (bicyclic) bond motifs is 1. The zero-order chi connectivity index (χ0) is 14.1. The first-order valence-corrected chi connectivity index (χ1v) is 5.97. The lowest BCUT2D eigenvalue weighted by molar-refractivity contribution is 0.0695. The van der Waals surface area contributed by atoms with Crippen LogP contribution in [0.3, 0.4) is 0 Å². The van der Waals surface area contributed by atoms with Crippen LogP contribution in [-0.4, -0.2) is 21.0 Å². The molecule has 0 radical (unpaired) electrons. The smallest absolute Gasteiger partial charge is 0.341 e. The third kappa shape index (κ3) is 1.95. The van der Waals surface area contributed by atoms with Crippen molar-refractivity contribution in [2.24, 2.45) is 0 Å². The van der Waals surface area contributed by atoms with Crippen LogP contribution in [0.2, 0.25) is 0 Å². The van der Waals surface area contributed by atoms with Crippen LogP contribution >= 0.6 is 0 Å². The number of carboxylic acid groups (broad SMARTS) is 1. The minimum Gasteiger partial charge on any atom is -0.477 e. The number of hydrogen-bond acceptors (Lipinski definition) is 3. The summed E-state index contributed by atoms with van der Waals surface area (Å²) in [5, 5.41) is 9.28. The topological polar surface area (TPSA) is 83.0 Å². The Morgan fingerprint density at radius 2 is 2.05 bits per heavy atom. The summed E-state index contributed by atoms with van der Waals surface area (Å²) in [6.45, 7) is 0. The standard InChI is InChI=1S/C15H10N2O3/c18-14-10-5-4-9(12-3-1-2-6-16-12)7-13(10)17-8-11(14)15(19)20/h1-8H,(H,17,18)(H,19,20). The zero-order valence-corrected chi connectivity index (χ0v) is 10.3. The molecule has 3 rings (SSSR count). The molecule has 0 atom stereocenters. The third-order valence-electron chi connectivity index (χ3n) is 3.07. The number of benzene rings is 1. The quantitative estimate of drug-likeness (QED) is 0.745. The number of H-pyrrole nitrogens is 1. The Morgan fingerprint density at radius 3 is 2.75 bits per heavy atom. The molecule has 0 fully saturated rings. The lowest BCUT2D eigenvalue weighted by atomic mass is 10.1. The molecule has 0 amide bonds. The Hall–Kier alpha value is -2.95. The molecule has 20 heavy (non-hydrogen) atoms. The molecule has 5 nitrogen and oxygen atoms in total. The maximum absolute atomic E-state index is 12.0. The Bertz CT molecular complexity index is 854. The summed E-state index contributed by atoms with van der Waals surface area (Å²) >= 11 is 0. The van der Waals surface area contributed by atoms with Crippen LogP contribution in [0.1, 0.15) is 10.4 Å². The van der Waals surface area contributed by atoms with Crippen molar-refractivity contribution in [3.63, 3.8) is 0 Å². The van der Waals surface area contributed by atoms with E-state index >= 15 is 0 Å². The molecule has 2 N–H and O–H groups in total. The van der Waals surface area contributed by atoms with E-state index in [9.17, 15) is 9.59 Å². The molecule has 98 valence electrons. The van der Waals surface area contributed by atoms with Gasteiger partial charge in [-0.25, -0.2) is 4.79 Å². The molecule has 0 unspecified atom stereocenters. The van der Waals surface area contributed by atoms with Crippen molar-refractivity contribution in [2.45, 2.75) is 0 Å². The number of rotatable bonds is 2. The van der Waals surface area contributed by atoms with Crippen LogP contribution in [0, 0.1) is 0 Å². The van der Waals surface area contributed by atoms with Crippen LogP contribution < -0.4 is 5.43 Å². The second-order valence-corrected chi connectivity index (χ2v) is 4.31. The van der Waals surface area contributed by atoms with Gasteiger partial charge in [0.25, 0.3) is 0 Å². The number of nitrogens with zero attached hydrogens (tertiary/aromatic N) is 1. The average Bonchev–Trinajstić information content (AvgIpc) is 2.48. The number of aromatic amines is 1. The molecule has 0 aliphatic rings. The predicted molar refractivity (Wildman–Crippen MR) is 74.8 cm³/mol. The van der Waals surface area contributed by atoms with Crippen molar-refractivity contribution in [3.8, 4) is 11.3 Å². The van der Waals surface area contributed by atoms with E-state index in [-0.39, 0.29) is 5.56 Å². The largest absolute Gasteiger partial charge is 0.477 e. The van der Waals surface area contributed by atoms with E-state index in [4.69, 9.17) is 5.11 Å². The van der Waals surface area contributed by atoms with Crippen LogP contribution in [0.15, 0.2) is 53.6 Å². The number of aromatic nitrogens is 2. The van der Waals surface area contributed by atoms with E-state index < -0.39 is 11.4 Å². The maximum atomic E-state index is 12.0. The van der Waals surface area contributed by atoms with Gasteiger partial charge in [0.15, 0.2) is 0 Å². The van der Waals surface area contributed by atoms with Gasteiger partial charge in [0.1, 0.15) is 5.56 Å². The molecule has 0 saturated heterocycles.